The van der Waals surface area contributed by atoms with Gasteiger partial charge in [-0.3, -0.25) is 4.90 Å². The largest absolute Gasteiger partial charge is 0.416 e. The van der Waals surface area contributed by atoms with Crippen molar-refractivity contribution in [3.63, 3.8) is 0 Å². The summed E-state index contributed by atoms with van der Waals surface area (Å²) in [6.07, 6.45) is -1.82. The Morgan fingerprint density at radius 1 is 1.00 bits per heavy atom. The highest BCUT2D eigenvalue weighted by Gasteiger charge is 2.36. The minimum absolute atomic E-state index is 0.470. The Hall–Kier alpha value is -2.08. The van der Waals surface area contributed by atoms with Crippen LogP contribution in [0.25, 0.3) is 0 Å². The Morgan fingerprint density at radius 2 is 1.69 bits per heavy atom. The Kier molecular flexibility index (Phi) is 5.81. The van der Waals surface area contributed by atoms with E-state index in [0.29, 0.717) is 29.8 Å². The molecule has 0 radical (unpaired) electrons. The zero-order chi connectivity index (χ0) is 20.4. The van der Waals surface area contributed by atoms with Gasteiger partial charge >= 0.3 is 6.18 Å². The lowest BCUT2D eigenvalue weighted by atomic mass is 9.84. The smallest absolute Gasteiger partial charge is 0.356 e. The zero-order valence-electron chi connectivity index (χ0n) is 16.8. The maximum absolute atomic E-state index is 13.4. The van der Waals surface area contributed by atoms with Gasteiger partial charge in [0.1, 0.15) is 5.82 Å². The van der Waals surface area contributed by atoms with E-state index >= 15 is 0 Å². The first-order valence-electron chi connectivity index (χ1n) is 10.5. The first-order chi connectivity index (χ1) is 13.9. The SMILES string of the molecule is CCCc1cc(C(F)(F)F)cc(N2CC3CC(CN(Cc4ccccc4)C3)C2)n1. The molecule has 2 atom stereocenters. The molecule has 3 heterocycles. The van der Waals surface area contributed by atoms with Crippen molar-refractivity contribution in [1.29, 1.82) is 0 Å². The van der Waals surface area contributed by atoms with Gasteiger partial charge in [0.2, 0.25) is 0 Å². The summed E-state index contributed by atoms with van der Waals surface area (Å²) < 4.78 is 40.2. The zero-order valence-corrected chi connectivity index (χ0v) is 16.8. The number of aryl methyl sites for hydroxylation is 1. The first-order valence-corrected chi connectivity index (χ1v) is 10.5. The normalized spacial score (nSPS) is 22.7. The van der Waals surface area contributed by atoms with Crippen molar-refractivity contribution in [2.24, 2.45) is 11.8 Å². The number of pyridine rings is 1. The third-order valence-corrected chi connectivity index (χ3v) is 5.93. The fourth-order valence-corrected chi connectivity index (χ4v) is 4.83. The number of fused-ring (bicyclic) bond motifs is 2. The molecule has 0 saturated carbocycles. The van der Waals surface area contributed by atoms with Crippen LogP contribution in [0.1, 0.15) is 36.6 Å². The van der Waals surface area contributed by atoms with Gasteiger partial charge in [-0.15, -0.1) is 0 Å². The number of piperidine rings is 2. The molecule has 2 bridgehead atoms. The minimum atomic E-state index is -4.33. The molecule has 0 spiro atoms. The predicted molar refractivity (Wildman–Crippen MR) is 109 cm³/mol. The lowest BCUT2D eigenvalue weighted by Gasteiger charge is -2.46. The van der Waals surface area contributed by atoms with Crippen molar-refractivity contribution >= 4 is 5.82 Å². The maximum atomic E-state index is 13.4. The predicted octanol–water partition coefficient (Wildman–Crippen LogP) is 5.01. The van der Waals surface area contributed by atoms with Crippen LogP contribution in [0.4, 0.5) is 19.0 Å². The number of hydrogen-bond acceptors (Lipinski definition) is 3. The molecular weight excluding hydrogens is 375 g/mol. The number of hydrogen-bond donors (Lipinski definition) is 0. The van der Waals surface area contributed by atoms with E-state index in [1.807, 2.05) is 13.0 Å². The van der Waals surface area contributed by atoms with E-state index in [1.54, 1.807) is 0 Å². The highest BCUT2D eigenvalue weighted by atomic mass is 19.4. The number of likely N-dealkylation sites (tertiary alicyclic amines) is 1. The highest BCUT2D eigenvalue weighted by Crippen LogP contribution is 2.35. The van der Waals surface area contributed by atoms with Crippen LogP contribution < -0.4 is 4.90 Å². The van der Waals surface area contributed by atoms with Crippen LogP contribution in [0.2, 0.25) is 0 Å². The Labute approximate surface area is 170 Å². The van der Waals surface area contributed by atoms with E-state index in [1.165, 1.54) is 17.7 Å². The summed E-state index contributed by atoms with van der Waals surface area (Å²) in [4.78, 5) is 9.17. The Morgan fingerprint density at radius 3 is 2.31 bits per heavy atom. The topological polar surface area (TPSA) is 19.4 Å². The molecule has 2 aliphatic rings. The standard InChI is InChI=1S/C23H28F3N3/c1-2-6-21-10-20(23(24,25)26)11-22(27-21)29-15-18-9-19(16-29)14-28(13-18)12-17-7-4-3-5-8-17/h3-5,7-8,10-11,18-19H,2,6,9,12-16H2,1H3. The molecule has 6 heteroatoms. The van der Waals surface area contributed by atoms with E-state index in [2.05, 4.69) is 39.0 Å². The summed E-state index contributed by atoms with van der Waals surface area (Å²) in [5, 5.41) is 0. The number of benzene rings is 1. The van der Waals surface area contributed by atoms with Crippen LogP contribution >= 0.6 is 0 Å². The van der Waals surface area contributed by atoms with E-state index in [9.17, 15) is 13.2 Å². The summed E-state index contributed by atoms with van der Waals surface area (Å²) in [7, 11) is 0. The lowest BCUT2D eigenvalue weighted by Crippen LogP contribution is -2.52. The molecule has 0 amide bonds. The lowest BCUT2D eigenvalue weighted by molar-refractivity contribution is -0.137. The third kappa shape index (κ3) is 4.92. The van der Waals surface area contributed by atoms with E-state index in [4.69, 9.17) is 0 Å². The highest BCUT2D eigenvalue weighted by molar-refractivity contribution is 5.44. The van der Waals surface area contributed by atoms with Crippen molar-refractivity contribution in [3.05, 3.63) is 59.3 Å². The molecule has 4 rings (SSSR count). The van der Waals surface area contributed by atoms with Gasteiger partial charge in [-0.2, -0.15) is 13.2 Å². The quantitative estimate of drug-likeness (QED) is 0.700. The van der Waals surface area contributed by atoms with E-state index < -0.39 is 11.7 Å². The van der Waals surface area contributed by atoms with Crippen LogP contribution in [0.3, 0.4) is 0 Å². The summed E-state index contributed by atoms with van der Waals surface area (Å²) >= 11 is 0. The van der Waals surface area contributed by atoms with E-state index in [0.717, 1.165) is 45.6 Å². The monoisotopic (exact) mass is 403 g/mol. The van der Waals surface area contributed by atoms with Gasteiger partial charge in [0, 0.05) is 38.4 Å². The van der Waals surface area contributed by atoms with Gasteiger partial charge in [0.05, 0.1) is 5.56 Å². The van der Waals surface area contributed by atoms with Gasteiger partial charge in [-0.25, -0.2) is 4.98 Å². The summed E-state index contributed by atoms with van der Waals surface area (Å²) in [5.74, 6) is 1.43. The molecule has 29 heavy (non-hydrogen) atoms. The molecule has 2 aliphatic heterocycles. The summed E-state index contributed by atoms with van der Waals surface area (Å²) in [6.45, 7) is 6.44. The maximum Gasteiger partial charge on any atom is 0.416 e. The third-order valence-electron chi connectivity index (χ3n) is 5.93. The van der Waals surface area contributed by atoms with Crippen molar-refractivity contribution in [2.45, 2.75) is 38.9 Å². The number of halogens is 3. The van der Waals surface area contributed by atoms with Crippen LogP contribution in [-0.4, -0.2) is 36.1 Å². The molecule has 2 aromatic rings. The van der Waals surface area contributed by atoms with Crippen LogP contribution in [-0.2, 0) is 19.1 Å². The van der Waals surface area contributed by atoms with Gasteiger partial charge in [0.15, 0.2) is 0 Å². The van der Waals surface area contributed by atoms with Crippen molar-refractivity contribution in [1.82, 2.24) is 9.88 Å². The number of nitrogens with zero attached hydrogens (tertiary/aromatic N) is 3. The molecule has 2 fully saturated rings. The second kappa shape index (κ2) is 8.34. The summed E-state index contributed by atoms with van der Waals surface area (Å²) in [5.41, 5.74) is 1.28. The second-order valence-corrected chi connectivity index (χ2v) is 8.51. The molecule has 1 aromatic carbocycles. The molecule has 156 valence electrons. The molecule has 3 nitrogen and oxygen atoms in total. The van der Waals surface area contributed by atoms with Crippen LogP contribution in [0.5, 0.6) is 0 Å². The molecule has 0 N–H and O–H groups in total. The number of alkyl halides is 3. The first kappa shape index (κ1) is 20.2. The van der Waals surface area contributed by atoms with Gasteiger partial charge < -0.3 is 4.90 Å². The van der Waals surface area contributed by atoms with Gasteiger partial charge in [-0.1, -0.05) is 43.7 Å². The number of anilines is 1. The van der Waals surface area contributed by atoms with Crippen molar-refractivity contribution < 1.29 is 13.2 Å². The molecule has 2 saturated heterocycles. The number of aromatic nitrogens is 1. The molecular formula is C23H28F3N3. The molecule has 1 aromatic heterocycles. The number of rotatable bonds is 5. The van der Waals surface area contributed by atoms with Gasteiger partial charge in [-0.05, 0) is 42.4 Å². The Bertz CT molecular complexity index is 808. The van der Waals surface area contributed by atoms with Crippen molar-refractivity contribution in [3.8, 4) is 0 Å². The molecule has 2 unspecified atom stereocenters. The fourth-order valence-electron chi connectivity index (χ4n) is 4.83. The van der Waals surface area contributed by atoms with Gasteiger partial charge in [0.25, 0.3) is 0 Å². The average molecular weight is 403 g/mol. The molecule has 0 aliphatic carbocycles. The minimum Gasteiger partial charge on any atom is -0.356 e. The van der Waals surface area contributed by atoms with Crippen molar-refractivity contribution in [2.75, 3.05) is 31.1 Å². The second-order valence-electron chi connectivity index (χ2n) is 8.51. The van der Waals surface area contributed by atoms with E-state index in [-0.39, 0.29) is 0 Å². The summed E-state index contributed by atoms with van der Waals surface area (Å²) in [6, 6.07) is 12.9. The Balaban J connectivity index is 1.49. The average Bonchev–Trinajstić information content (AvgIpc) is 2.67. The van der Waals surface area contributed by atoms with Crippen LogP contribution in [0, 0.1) is 11.8 Å². The fraction of sp³-hybridized carbons (Fsp3) is 0.522. The van der Waals surface area contributed by atoms with Crippen LogP contribution in [0.15, 0.2) is 42.5 Å².